The van der Waals surface area contributed by atoms with E-state index in [4.69, 9.17) is 4.42 Å². The van der Waals surface area contributed by atoms with E-state index in [0.717, 1.165) is 50.3 Å². The topological polar surface area (TPSA) is 26.2 Å². The molecule has 1 aliphatic rings. The number of hydrogen-bond donors (Lipinski definition) is 0. The van der Waals surface area contributed by atoms with Crippen LogP contribution in [0.25, 0.3) is 110 Å². The quantitative estimate of drug-likeness (QED) is 0.166. The van der Waals surface area contributed by atoms with Crippen LogP contribution in [0.3, 0.4) is 0 Å². The molecular weight excluding hydrogens is 863 g/mol. The van der Waals surface area contributed by atoms with E-state index in [2.05, 4.69) is 258 Å². The largest absolute Gasteiger partial charge is 0.456 e. The molecule has 15 rings (SSSR count). The maximum atomic E-state index is 6.55. The molecule has 0 fully saturated rings. The minimum atomic E-state index is -0.308. The number of rotatable bonds is 6. The molecule has 3 aromatic heterocycles. The first-order chi connectivity index (χ1) is 35.0. The molecule has 0 atom stereocenters. The van der Waals surface area contributed by atoms with Crippen molar-refractivity contribution in [2.45, 2.75) is 19.3 Å². The molecule has 3 heterocycles. The van der Waals surface area contributed by atoms with E-state index in [9.17, 15) is 0 Å². The third-order valence-electron chi connectivity index (χ3n) is 15.5. The predicted octanol–water partition coefficient (Wildman–Crippen LogP) is 18.4. The molecule has 0 radical (unpaired) electrons. The summed E-state index contributed by atoms with van der Waals surface area (Å²) in [5.74, 6) is 0. The minimum absolute atomic E-state index is 0.308. The van der Waals surface area contributed by atoms with Crippen LogP contribution in [-0.2, 0) is 5.41 Å². The Balaban J connectivity index is 0.888. The Hall–Kier alpha value is -9.12. The van der Waals surface area contributed by atoms with Gasteiger partial charge in [-0.2, -0.15) is 0 Å². The van der Waals surface area contributed by atoms with Crippen LogP contribution in [0, 0.1) is 0 Å². The molecule has 0 saturated heterocycles. The molecule has 4 nitrogen and oxygen atoms in total. The summed E-state index contributed by atoms with van der Waals surface area (Å²) in [6.07, 6.45) is 0. The summed E-state index contributed by atoms with van der Waals surface area (Å²) in [6.45, 7) is 4.80. The van der Waals surface area contributed by atoms with E-state index in [1.54, 1.807) is 0 Å². The van der Waals surface area contributed by atoms with E-state index in [1.165, 1.54) is 87.9 Å². The fraction of sp³-hybridized carbons (Fsp3) is 0.0448. The molecule has 0 N–H and O–H groups in total. The van der Waals surface area contributed by atoms with Crippen LogP contribution in [0.5, 0.6) is 0 Å². The molecule has 11 aromatic carbocycles. The van der Waals surface area contributed by atoms with Gasteiger partial charge in [0.05, 0.1) is 27.8 Å². The number of hydrogen-bond acceptors (Lipinski definition) is 2. The first kappa shape index (κ1) is 39.8. The van der Waals surface area contributed by atoms with Gasteiger partial charge in [-0.25, -0.2) is 0 Å². The van der Waals surface area contributed by atoms with Gasteiger partial charge in [0.25, 0.3) is 0 Å². The van der Waals surface area contributed by atoms with Gasteiger partial charge in [-0.3, -0.25) is 0 Å². The van der Waals surface area contributed by atoms with E-state index in [1.807, 2.05) is 6.07 Å². The number of para-hydroxylation sites is 5. The number of nitrogens with zero attached hydrogens (tertiary/aromatic N) is 3. The van der Waals surface area contributed by atoms with Crippen molar-refractivity contribution in [2.24, 2.45) is 0 Å². The fourth-order valence-electron chi connectivity index (χ4n) is 12.2. The van der Waals surface area contributed by atoms with Crippen LogP contribution in [0.2, 0.25) is 0 Å². The first-order valence-electron chi connectivity index (χ1n) is 24.6. The highest BCUT2D eigenvalue weighted by atomic mass is 16.3. The zero-order valence-electron chi connectivity index (χ0n) is 39.3. The summed E-state index contributed by atoms with van der Waals surface area (Å²) in [4.78, 5) is 2.40. The number of fused-ring (bicyclic) bond motifs is 14. The zero-order chi connectivity index (χ0) is 47.0. The van der Waals surface area contributed by atoms with E-state index in [-0.39, 0.29) is 5.41 Å². The molecule has 0 amide bonds. The molecule has 0 unspecified atom stereocenters. The highest BCUT2D eigenvalue weighted by Crippen LogP contribution is 2.55. The normalized spacial score (nSPS) is 13.0. The van der Waals surface area contributed by atoms with Gasteiger partial charge < -0.3 is 18.5 Å². The molecule has 0 aliphatic heterocycles. The summed E-state index contributed by atoms with van der Waals surface area (Å²) < 4.78 is 11.4. The Kier molecular flexibility index (Phi) is 8.38. The van der Waals surface area contributed by atoms with Gasteiger partial charge in [-0.15, -0.1) is 0 Å². The number of benzene rings is 11. The van der Waals surface area contributed by atoms with Crippen LogP contribution in [-0.4, -0.2) is 9.13 Å². The lowest BCUT2D eigenvalue weighted by Gasteiger charge is -2.28. The third kappa shape index (κ3) is 5.79. The molecule has 334 valence electrons. The second-order valence-electron chi connectivity index (χ2n) is 19.7. The lowest BCUT2D eigenvalue weighted by molar-refractivity contribution is 0.660. The SMILES string of the molecule is CC1(C)c2cc(N(c3ccc(-c4ccc5c6ccccc6n(-c6ccccc6)c5c4)cc3)c3ccc4c(c3)oc3ccccc34)ccc2-c2c1cc(-n1c3ccccc3c3ccccc31)c1ccccc21. The van der Waals surface area contributed by atoms with Crippen molar-refractivity contribution in [3.05, 3.63) is 248 Å². The van der Waals surface area contributed by atoms with Crippen molar-refractivity contribution < 1.29 is 4.42 Å². The smallest absolute Gasteiger partial charge is 0.137 e. The van der Waals surface area contributed by atoms with Gasteiger partial charge in [0, 0.05) is 71.9 Å². The molecule has 14 aromatic rings. The Morgan fingerprint density at radius 1 is 0.352 bits per heavy atom. The van der Waals surface area contributed by atoms with E-state index in [0.29, 0.717) is 0 Å². The maximum Gasteiger partial charge on any atom is 0.137 e. The number of anilines is 3. The minimum Gasteiger partial charge on any atom is -0.456 e. The molecule has 71 heavy (non-hydrogen) atoms. The lowest BCUT2D eigenvalue weighted by atomic mass is 9.81. The average molecular weight is 908 g/mol. The number of aromatic nitrogens is 2. The van der Waals surface area contributed by atoms with Crippen molar-refractivity contribution >= 4 is 93.4 Å². The van der Waals surface area contributed by atoms with E-state index < -0.39 is 0 Å². The Bertz CT molecular complexity index is 4440. The van der Waals surface area contributed by atoms with Crippen LogP contribution < -0.4 is 4.90 Å². The Labute approximate surface area is 410 Å². The molecule has 0 bridgehead atoms. The van der Waals surface area contributed by atoms with Crippen molar-refractivity contribution in [1.82, 2.24) is 9.13 Å². The van der Waals surface area contributed by atoms with Gasteiger partial charge >= 0.3 is 0 Å². The summed E-state index contributed by atoms with van der Waals surface area (Å²) in [5, 5.41) is 9.77. The van der Waals surface area contributed by atoms with Crippen molar-refractivity contribution in [3.8, 4) is 33.6 Å². The average Bonchev–Trinajstić information content (AvgIpc) is 4.13. The molecule has 0 spiro atoms. The van der Waals surface area contributed by atoms with Gasteiger partial charge in [0.2, 0.25) is 0 Å². The zero-order valence-corrected chi connectivity index (χ0v) is 39.3. The first-order valence-corrected chi connectivity index (χ1v) is 24.6. The van der Waals surface area contributed by atoms with Crippen molar-refractivity contribution in [2.75, 3.05) is 4.90 Å². The second-order valence-corrected chi connectivity index (χ2v) is 19.7. The lowest BCUT2D eigenvalue weighted by Crippen LogP contribution is -2.17. The van der Waals surface area contributed by atoms with E-state index >= 15 is 0 Å². The highest BCUT2D eigenvalue weighted by Gasteiger charge is 2.38. The van der Waals surface area contributed by atoms with Crippen molar-refractivity contribution in [1.29, 1.82) is 0 Å². The molecular formula is C67H45N3O. The third-order valence-corrected chi connectivity index (χ3v) is 15.5. The van der Waals surface area contributed by atoms with Crippen molar-refractivity contribution in [3.63, 3.8) is 0 Å². The molecule has 4 heteroatoms. The molecule has 0 saturated carbocycles. The van der Waals surface area contributed by atoms with Gasteiger partial charge in [-0.05, 0) is 124 Å². The standard InChI is InChI=1S/C67H45N3O/c1-67(2)57-39-46(34-37-56(57)66-55-23-7-6-21-51(55)63(41-58(66)67)70-60-25-13-9-18-48(60)49-19-10-14-26-61(49)70)68(47-33-36-54-53-22-11-15-27-64(53)71-65(54)40-47)45-31-28-42(29-32-45)43-30-35-52-50-20-8-12-24-59(50)69(62(52)38-43)44-16-4-3-5-17-44/h3-41H,1-2H3. The summed E-state index contributed by atoms with van der Waals surface area (Å²) >= 11 is 0. The van der Waals surface area contributed by atoms with Crippen LogP contribution >= 0.6 is 0 Å². The highest BCUT2D eigenvalue weighted by molar-refractivity contribution is 6.14. The van der Waals surface area contributed by atoms with Crippen LogP contribution in [0.4, 0.5) is 17.1 Å². The summed E-state index contributed by atoms with van der Waals surface area (Å²) in [5.41, 5.74) is 19.4. The Morgan fingerprint density at radius 2 is 0.873 bits per heavy atom. The van der Waals surface area contributed by atoms with Gasteiger partial charge in [0.15, 0.2) is 0 Å². The summed E-state index contributed by atoms with van der Waals surface area (Å²) in [6, 6.07) is 86.6. The van der Waals surface area contributed by atoms with Gasteiger partial charge in [0.1, 0.15) is 11.2 Å². The van der Waals surface area contributed by atoms with Crippen LogP contribution in [0.1, 0.15) is 25.0 Å². The Morgan fingerprint density at radius 3 is 1.59 bits per heavy atom. The van der Waals surface area contributed by atoms with Crippen LogP contribution in [0.15, 0.2) is 241 Å². The number of furan rings is 1. The fourth-order valence-corrected chi connectivity index (χ4v) is 12.2. The second kappa shape index (κ2) is 14.9. The summed E-state index contributed by atoms with van der Waals surface area (Å²) in [7, 11) is 0. The monoisotopic (exact) mass is 907 g/mol. The molecule has 1 aliphatic carbocycles. The van der Waals surface area contributed by atoms with Gasteiger partial charge in [-0.1, -0.05) is 159 Å². The predicted molar refractivity (Wildman–Crippen MR) is 298 cm³/mol. The maximum absolute atomic E-state index is 6.55.